The fraction of sp³-hybridized carbons (Fsp3) is 0.700. The van der Waals surface area contributed by atoms with Crippen LogP contribution >= 0.6 is 0 Å². The molecule has 12 heteroatoms. The van der Waals surface area contributed by atoms with E-state index < -0.39 is 23.4 Å². The number of nitrogens with zero attached hydrogens (tertiary/aromatic N) is 5. The number of rotatable bonds is 4. The zero-order valence-electron chi connectivity index (χ0n) is 24.4. The van der Waals surface area contributed by atoms with Crippen LogP contribution < -0.4 is 21.3 Å². The molecule has 0 bridgehead atoms. The molecular formula is C30H44F2N8O2. The summed E-state index contributed by atoms with van der Waals surface area (Å²) in [7, 11) is 0. The number of hydrogen-bond donors (Lipinski definition) is 3. The fourth-order valence-electron chi connectivity index (χ4n) is 7.44. The fourth-order valence-corrected chi connectivity index (χ4v) is 7.44. The van der Waals surface area contributed by atoms with Gasteiger partial charge in [-0.1, -0.05) is 44.9 Å². The number of hydrogen-bond acceptors (Lipinski definition) is 8. The zero-order chi connectivity index (χ0) is 29.1. The van der Waals surface area contributed by atoms with Crippen molar-refractivity contribution >= 4 is 28.9 Å². The van der Waals surface area contributed by atoms with Crippen molar-refractivity contribution in [3.8, 4) is 0 Å². The molecule has 4 N–H and O–H groups in total. The quantitative estimate of drug-likeness (QED) is 0.479. The average molecular weight is 587 g/mol. The molecule has 1 saturated carbocycles. The minimum Gasteiger partial charge on any atom is -0.381 e. The molecule has 2 aromatic heterocycles. The molecule has 0 radical (unpaired) electrons. The highest BCUT2D eigenvalue weighted by atomic mass is 19.1. The van der Waals surface area contributed by atoms with E-state index in [2.05, 4.69) is 25.6 Å². The van der Waals surface area contributed by atoms with Gasteiger partial charge in [0.1, 0.15) is 23.2 Å². The highest BCUT2D eigenvalue weighted by molar-refractivity contribution is 6.12. The zero-order valence-corrected chi connectivity index (χ0v) is 24.4. The Bertz CT molecular complexity index is 1230. The Morgan fingerprint density at radius 1 is 1.02 bits per heavy atom. The first-order valence-electron chi connectivity index (χ1n) is 15.8. The second kappa shape index (κ2) is 12.7. The van der Waals surface area contributed by atoms with Crippen LogP contribution in [0.2, 0.25) is 0 Å². The van der Waals surface area contributed by atoms with Crippen LogP contribution in [0.4, 0.5) is 31.8 Å². The van der Waals surface area contributed by atoms with Gasteiger partial charge in [0.15, 0.2) is 11.6 Å². The largest absolute Gasteiger partial charge is 0.381 e. The first-order valence-corrected chi connectivity index (χ1v) is 15.8. The molecule has 5 heterocycles. The Balaban J connectivity index is 1.23. The normalized spacial score (nSPS) is 24.1. The second-order valence-corrected chi connectivity index (χ2v) is 12.3. The van der Waals surface area contributed by atoms with E-state index in [1.165, 1.54) is 18.8 Å². The number of anilines is 4. The summed E-state index contributed by atoms with van der Waals surface area (Å²) in [5.41, 5.74) is 6.30. The molecule has 3 fully saturated rings. The summed E-state index contributed by atoms with van der Waals surface area (Å²) in [6, 6.07) is 0.491. The Kier molecular flexibility index (Phi) is 8.80. The van der Waals surface area contributed by atoms with Crippen LogP contribution in [0.3, 0.4) is 0 Å². The molecule has 3 aliphatic heterocycles. The van der Waals surface area contributed by atoms with Gasteiger partial charge in [-0.3, -0.25) is 14.7 Å². The second-order valence-electron chi connectivity index (χ2n) is 12.3. The third kappa shape index (κ3) is 5.67. The van der Waals surface area contributed by atoms with Gasteiger partial charge in [-0.2, -0.15) is 5.10 Å². The number of nitrogen functional groups attached to an aromatic ring is 1. The van der Waals surface area contributed by atoms with Gasteiger partial charge >= 0.3 is 0 Å². The predicted molar refractivity (Wildman–Crippen MR) is 159 cm³/mol. The maximum atomic E-state index is 15.8. The third-order valence-electron chi connectivity index (χ3n) is 9.77. The first kappa shape index (κ1) is 29.1. The van der Waals surface area contributed by atoms with Crippen molar-refractivity contribution in [2.45, 2.75) is 88.4 Å². The Hall–Kier alpha value is -2.99. The number of amides is 1. The summed E-state index contributed by atoms with van der Waals surface area (Å²) in [6.45, 7) is 4.53. The lowest BCUT2D eigenvalue weighted by Gasteiger charge is -2.42. The molecule has 6 rings (SSSR count). The lowest BCUT2D eigenvalue weighted by atomic mass is 9.80. The van der Waals surface area contributed by atoms with Gasteiger partial charge in [0, 0.05) is 52.0 Å². The maximum Gasteiger partial charge on any atom is 0.263 e. The van der Waals surface area contributed by atoms with Crippen molar-refractivity contribution in [3.05, 3.63) is 23.8 Å². The van der Waals surface area contributed by atoms with E-state index in [1.54, 1.807) is 4.68 Å². The van der Waals surface area contributed by atoms with Crippen molar-refractivity contribution in [3.63, 3.8) is 0 Å². The molecule has 2 aromatic rings. The molecule has 4 aliphatic rings. The molecule has 1 unspecified atom stereocenters. The van der Waals surface area contributed by atoms with E-state index in [0.29, 0.717) is 43.5 Å². The SMILES string of the molecule is Nc1nn2c(c1C(=O)Nc1cncc(F)c1N1CCN(C3CCOCC3)CC1)NCC(F)C21CCCCCCCCC1. The third-order valence-corrected chi connectivity index (χ3v) is 9.77. The van der Waals surface area contributed by atoms with Gasteiger partial charge in [0.05, 0.1) is 23.6 Å². The van der Waals surface area contributed by atoms with Gasteiger partial charge in [-0.25, -0.2) is 13.5 Å². The van der Waals surface area contributed by atoms with Crippen LogP contribution in [0.25, 0.3) is 0 Å². The Morgan fingerprint density at radius 2 is 1.69 bits per heavy atom. The van der Waals surface area contributed by atoms with E-state index in [9.17, 15) is 4.79 Å². The van der Waals surface area contributed by atoms with Crippen LogP contribution in [0.5, 0.6) is 0 Å². The molecule has 1 amide bonds. The molecular weight excluding hydrogens is 542 g/mol. The number of nitrogens with one attached hydrogen (secondary N) is 2. The number of ether oxygens (including phenoxy) is 1. The van der Waals surface area contributed by atoms with E-state index in [4.69, 9.17) is 10.5 Å². The number of nitrogens with two attached hydrogens (primary N) is 1. The summed E-state index contributed by atoms with van der Waals surface area (Å²) in [5, 5.41) is 10.5. The topological polar surface area (TPSA) is 114 Å². The summed E-state index contributed by atoms with van der Waals surface area (Å²) in [4.78, 5) is 22.2. The Morgan fingerprint density at radius 3 is 2.38 bits per heavy atom. The van der Waals surface area contributed by atoms with E-state index in [-0.39, 0.29) is 23.6 Å². The highest BCUT2D eigenvalue weighted by Gasteiger charge is 2.47. The maximum absolute atomic E-state index is 15.8. The number of pyridine rings is 1. The van der Waals surface area contributed by atoms with E-state index in [0.717, 1.165) is 77.7 Å². The van der Waals surface area contributed by atoms with Crippen molar-refractivity contribution < 1.29 is 18.3 Å². The Labute approximate surface area is 246 Å². The highest BCUT2D eigenvalue weighted by Crippen LogP contribution is 2.43. The van der Waals surface area contributed by atoms with Crippen molar-refractivity contribution in [1.82, 2.24) is 19.7 Å². The van der Waals surface area contributed by atoms with Gasteiger partial charge < -0.3 is 26.0 Å². The van der Waals surface area contributed by atoms with Crippen LogP contribution in [0, 0.1) is 5.82 Å². The van der Waals surface area contributed by atoms with Crippen LogP contribution in [-0.4, -0.2) is 83.7 Å². The van der Waals surface area contributed by atoms with Crippen molar-refractivity contribution in [2.75, 3.05) is 67.2 Å². The molecule has 0 aromatic carbocycles. The number of aromatic nitrogens is 3. The molecule has 230 valence electrons. The predicted octanol–water partition coefficient (Wildman–Crippen LogP) is 4.54. The van der Waals surface area contributed by atoms with Gasteiger partial charge in [-0.05, 0) is 25.7 Å². The summed E-state index contributed by atoms with van der Waals surface area (Å²) in [6.07, 6.45) is 12.3. The number of alkyl halides is 1. The number of carbonyl (C=O) groups excluding carboxylic acids is 1. The summed E-state index contributed by atoms with van der Waals surface area (Å²) in [5.74, 6) is -0.525. The van der Waals surface area contributed by atoms with Crippen LogP contribution in [0.1, 0.15) is 81.0 Å². The van der Waals surface area contributed by atoms with E-state index in [1.807, 2.05) is 4.90 Å². The molecule has 2 saturated heterocycles. The summed E-state index contributed by atoms with van der Waals surface area (Å²) < 4.78 is 38.2. The van der Waals surface area contributed by atoms with Crippen molar-refractivity contribution in [1.29, 1.82) is 0 Å². The average Bonchev–Trinajstić information content (AvgIpc) is 3.36. The number of fused-ring (bicyclic) bond motifs is 2. The molecule has 10 nitrogen and oxygen atoms in total. The lowest BCUT2D eigenvalue weighted by molar-refractivity contribution is 0.0321. The molecule has 1 spiro atoms. The van der Waals surface area contributed by atoms with Gasteiger partial charge in [0.25, 0.3) is 5.91 Å². The molecule has 42 heavy (non-hydrogen) atoms. The minimum atomic E-state index is -1.14. The van der Waals surface area contributed by atoms with Crippen LogP contribution in [0.15, 0.2) is 12.4 Å². The van der Waals surface area contributed by atoms with Gasteiger partial charge in [0.2, 0.25) is 0 Å². The molecule has 1 atom stereocenters. The molecule has 1 aliphatic carbocycles. The van der Waals surface area contributed by atoms with Crippen molar-refractivity contribution in [2.24, 2.45) is 0 Å². The number of piperazine rings is 1. The first-order chi connectivity index (χ1) is 20.5. The van der Waals surface area contributed by atoms with Crippen LogP contribution in [-0.2, 0) is 10.3 Å². The number of carbonyl (C=O) groups is 1. The van der Waals surface area contributed by atoms with Gasteiger partial charge in [-0.15, -0.1) is 0 Å². The standard InChI is InChI=1S/C30H44F2N8O2/c31-22-18-34-19-23(26(22)39-14-12-38(13-15-39)21-8-16-42-17-9-21)36-29(41)25-27(33)37-40-28(25)35-20-24(32)30(40)10-6-4-2-1-3-5-7-11-30/h18-19,21,24,35H,1-17,20H2,(H2,33,37)(H,36,41). The van der Waals surface area contributed by atoms with E-state index >= 15 is 8.78 Å². The lowest BCUT2D eigenvalue weighted by Crippen LogP contribution is -2.52. The number of halogens is 2. The smallest absolute Gasteiger partial charge is 0.263 e. The summed E-state index contributed by atoms with van der Waals surface area (Å²) >= 11 is 0. The monoisotopic (exact) mass is 586 g/mol. The minimum absolute atomic E-state index is 0.0385.